The predicted octanol–water partition coefficient (Wildman–Crippen LogP) is 3.95. The van der Waals surface area contributed by atoms with Crippen molar-refractivity contribution in [1.29, 1.82) is 0 Å². The third kappa shape index (κ3) is 2.94. The average molecular weight is 298 g/mol. The fourth-order valence-corrected chi connectivity index (χ4v) is 3.06. The summed E-state index contributed by atoms with van der Waals surface area (Å²) < 4.78 is 0.641. The van der Waals surface area contributed by atoms with Crippen LogP contribution in [-0.4, -0.2) is 21.7 Å². The molecule has 2 nitrogen and oxygen atoms in total. The summed E-state index contributed by atoms with van der Waals surface area (Å²) in [7, 11) is 0. The first kappa shape index (κ1) is 13.6. The second-order valence-corrected chi connectivity index (χ2v) is 6.00. The quantitative estimate of drug-likeness (QED) is 0.622. The van der Waals surface area contributed by atoms with Gasteiger partial charge in [0.05, 0.1) is 4.91 Å². The molecule has 5 heteroatoms. The van der Waals surface area contributed by atoms with Gasteiger partial charge < -0.3 is 0 Å². The number of hydrogen-bond acceptors (Lipinski definition) is 3. The Balaban J connectivity index is 2.22. The van der Waals surface area contributed by atoms with Crippen LogP contribution in [0.25, 0.3) is 6.08 Å². The molecule has 1 aromatic carbocycles. The molecule has 0 bridgehead atoms. The molecule has 1 amide bonds. The van der Waals surface area contributed by atoms with Gasteiger partial charge >= 0.3 is 0 Å². The number of amides is 1. The van der Waals surface area contributed by atoms with Crippen molar-refractivity contribution in [2.45, 2.75) is 13.3 Å². The lowest BCUT2D eigenvalue weighted by Gasteiger charge is -2.11. The molecule has 0 atom stereocenters. The van der Waals surface area contributed by atoms with Gasteiger partial charge in [-0.3, -0.25) is 9.69 Å². The molecule has 0 aromatic heterocycles. The highest BCUT2D eigenvalue weighted by Crippen LogP contribution is 2.32. The maximum absolute atomic E-state index is 12.1. The molecule has 0 spiro atoms. The van der Waals surface area contributed by atoms with Gasteiger partial charge in [0.1, 0.15) is 4.32 Å². The van der Waals surface area contributed by atoms with E-state index in [-0.39, 0.29) is 5.91 Å². The fraction of sp³-hybridized carbons (Fsp3) is 0.231. The number of thiocarbonyl (C=S) groups is 1. The van der Waals surface area contributed by atoms with Crippen molar-refractivity contribution in [2.75, 3.05) is 6.54 Å². The van der Waals surface area contributed by atoms with Crippen LogP contribution in [0.1, 0.15) is 18.9 Å². The van der Waals surface area contributed by atoms with E-state index in [1.807, 2.05) is 25.1 Å². The molecule has 1 aliphatic heterocycles. The minimum Gasteiger partial charge on any atom is -0.293 e. The fourth-order valence-electron chi connectivity index (χ4n) is 1.63. The first-order valence-corrected chi connectivity index (χ1v) is 7.23. The predicted molar refractivity (Wildman–Crippen MR) is 81.6 cm³/mol. The van der Waals surface area contributed by atoms with E-state index in [0.717, 1.165) is 12.0 Å². The Labute approximate surface area is 121 Å². The Morgan fingerprint density at radius 1 is 1.39 bits per heavy atom. The highest BCUT2D eigenvalue weighted by atomic mass is 35.5. The van der Waals surface area contributed by atoms with Crippen LogP contribution in [0.5, 0.6) is 0 Å². The normalized spacial score (nSPS) is 17.9. The summed E-state index contributed by atoms with van der Waals surface area (Å²) in [6.07, 6.45) is 2.76. The van der Waals surface area contributed by atoms with Crippen LogP contribution in [-0.2, 0) is 4.79 Å². The summed E-state index contributed by atoms with van der Waals surface area (Å²) in [5, 5.41) is 0.686. The van der Waals surface area contributed by atoms with Gasteiger partial charge in [-0.05, 0) is 30.2 Å². The standard InChI is InChI=1S/C13H12ClNOS2/c1-2-7-15-12(16)11(18-13(15)17)8-9-3-5-10(14)6-4-9/h3-6,8H,2,7H2,1H3/b11-8-. The number of halogens is 1. The van der Waals surface area contributed by atoms with Crippen LogP contribution in [0.2, 0.25) is 5.02 Å². The van der Waals surface area contributed by atoms with Crippen LogP contribution in [0, 0.1) is 0 Å². The Kier molecular flexibility index (Phi) is 4.43. The number of benzene rings is 1. The van der Waals surface area contributed by atoms with E-state index in [2.05, 4.69) is 0 Å². The second-order valence-electron chi connectivity index (χ2n) is 3.88. The van der Waals surface area contributed by atoms with Crippen molar-refractivity contribution in [3.8, 4) is 0 Å². The summed E-state index contributed by atoms with van der Waals surface area (Å²) in [4.78, 5) is 14.4. The molecule has 94 valence electrons. The van der Waals surface area contributed by atoms with Crippen molar-refractivity contribution in [3.05, 3.63) is 39.8 Å². The number of carbonyl (C=O) groups is 1. The van der Waals surface area contributed by atoms with Gasteiger partial charge in [0.15, 0.2) is 0 Å². The third-order valence-electron chi connectivity index (χ3n) is 2.49. The lowest BCUT2D eigenvalue weighted by Crippen LogP contribution is -2.28. The van der Waals surface area contributed by atoms with E-state index < -0.39 is 0 Å². The Hall–Kier alpha value is -0.840. The number of nitrogens with zero attached hydrogens (tertiary/aromatic N) is 1. The van der Waals surface area contributed by atoms with E-state index in [9.17, 15) is 4.79 Å². The number of thioether (sulfide) groups is 1. The van der Waals surface area contributed by atoms with E-state index in [1.165, 1.54) is 11.8 Å². The summed E-state index contributed by atoms with van der Waals surface area (Å²) in [6.45, 7) is 2.71. The average Bonchev–Trinajstić information content (AvgIpc) is 2.60. The molecule has 1 saturated heterocycles. The third-order valence-corrected chi connectivity index (χ3v) is 4.12. The van der Waals surface area contributed by atoms with E-state index in [4.69, 9.17) is 23.8 Å². The summed E-state index contributed by atoms with van der Waals surface area (Å²) >= 11 is 12.4. The van der Waals surface area contributed by atoms with Crippen LogP contribution in [0.15, 0.2) is 29.2 Å². The molecule has 0 unspecified atom stereocenters. The monoisotopic (exact) mass is 297 g/mol. The maximum atomic E-state index is 12.1. The van der Waals surface area contributed by atoms with Crippen LogP contribution in [0.3, 0.4) is 0 Å². The molecule has 0 N–H and O–H groups in total. The van der Waals surface area contributed by atoms with E-state index >= 15 is 0 Å². The highest BCUT2D eigenvalue weighted by Gasteiger charge is 2.30. The van der Waals surface area contributed by atoms with E-state index in [1.54, 1.807) is 17.0 Å². The molecule has 2 rings (SSSR count). The topological polar surface area (TPSA) is 20.3 Å². The van der Waals surface area contributed by atoms with Crippen LogP contribution in [0.4, 0.5) is 0 Å². The molecule has 1 fully saturated rings. The first-order chi connectivity index (χ1) is 8.61. The number of carbonyl (C=O) groups excluding carboxylic acids is 1. The molecule has 1 heterocycles. The van der Waals surface area contributed by atoms with Gasteiger partial charge in [0.2, 0.25) is 0 Å². The van der Waals surface area contributed by atoms with Crippen LogP contribution < -0.4 is 0 Å². The number of rotatable bonds is 3. The second kappa shape index (κ2) is 5.87. The molecule has 0 radical (unpaired) electrons. The zero-order valence-corrected chi connectivity index (χ0v) is 12.2. The lowest BCUT2D eigenvalue weighted by molar-refractivity contribution is -0.122. The number of hydrogen-bond donors (Lipinski definition) is 0. The molecular weight excluding hydrogens is 286 g/mol. The van der Waals surface area contributed by atoms with Gasteiger partial charge in [0, 0.05) is 11.6 Å². The van der Waals surface area contributed by atoms with Crippen molar-refractivity contribution >= 4 is 51.9 Å². The van der Waals surface area contributed by atoms with Crippen molar-refractivity contribution in [1.82, 2.24) is 4.90 Å². The van der Waals surface area contributed by atoms with Crippen molar-refractivity contribution < 1.29 is 4.79 Å². The Bertz CT molecular complexity index is 510. The Morgan fingerprint density at radius 2 is 2.06 bits per heavy atom. The summed E-state index contributed by atoms with van der Waals surface area (Å²) in [5.41, 5.74) is 0.955. The van der Waals surface area contributed by atoms with Crippen molar-refractivity contribution in [2.24, 2.45) is 0 Å². The van der Waals surface area contributed by atoms with Gasteiger partial charge in [-0.2, -0.15) is 0 Å². The smallest absolute Gasteiger partial charge is 0.266 e. The van der Waals surface area contributed by atoms with Crippen molar-refractivity contribution in [3.63, 3.8) is 0 Å². The molecule has 0 aliphatic carbocycles. The first-order valence-electron chi connectivity index (χ1n) is 5.62. The molecule has 1 aromatic rings. The zero-order valence-electron chi connectivity index (χ0n) is 9.85. The van der Waals surface area contributed by atoms with Crippen LogP contribution >= 0.6 is 35.6 Å². The molecule has 1 aliphatic rings. The zero-order chi connectivity index (χ0) is 13.1. The summed E-state index contributed by atoms with van der Waals surface area (Å²) in [6, 6.07) is 7.38. The van der Waals surface area contributed by atoms with Gasteiger partial charge in [-0.1, -0.05) is 54.6 Å². The Morgan fingerprint density at radius 3 is 2.67 bits per heavy atom. The minimum atomic E-state index is 0.00167. The lowest BCUT2D eigenvalue weighted by atomic mass is 10.2. The largest absolute Gasteiger partial charge is 0.293 e. The van der Waals surface area contributed by atoms with Gasteiger partial charge in [0.25, 0.3) is 5.91 Å². The van der Waals surface area contributed by atoms with Gasteiger partial charge in [-0.15, -0.1) is 0 Å². The minimum absolute atomic E-state index is 0.00167. The molecular formula is C13H12ClNOS2. The summed E-state index contributed by atoms with van der Waals surface area (Å²) in [5.74, 6) is 0.00167. The van der Waals surface area contributed by atoms with Gasteiger partial charge in [-0.25, -0.2) is 0 Å². The SMILES string of the molecule is CCCN1C(=O)/C(=C/c2ccc(Cl)cc2)SC1=S. The van der Waals surface area contributed by atoms with E-state index in [0.29, 0.717) is 20.8 Å². The maximum Gasteiger partial charge on any atom is 0.266 e. The molecule has 18 heavy (non-hydrogen) atoms. The highest BCUT2D eigenvalue weighted by molar-refractivity contribution is 8.26. The molecule has 0 saturated carbocycles.